The highest BCUT2D eigenvalue weighted by atomic mass is 16.2. The molecule has 0 spiro atoms. The van der Waals surface area contributed by atoms with Crippen molar-refractivity contribution < 1.29 is 14.4 Å². The summed E-state index contributed by atoms with van der Waals surface area (Å²) in [4.78, 5) is 34.7. The predicted octanol–water partition coefficient (Wildman–Crippen LogP) is -1.92. The van der Waals surface area contributed by atoms with Gasteiger partial charge in [0.25, 0.3) is 0 Å². The molecule has 2 N–H and O–H groups in total. The zero-order chi connectivity index (χ0) is 10.7. The molecule has 1 aliphatic rings. The third-order valence-corrected chi connectivity index (χ3v) is 2.08. The number of nitrogens with zero attached hydrogens (tertiary/aromatic N) is 1. The lowest BCUT2D eigenvalue weighted by Gasteiger charge is -2.28. The van der Waals surface area contributed by atoms with Crippen LogP contribution in [0.1, 0.15) is 6.92 Å². The summed E-state index contributed by atoms with van der Waals surface area (Å²) in [7, 11) is 1.46. The van der Waals surface area contributed by atoms with Gasteiger partial charge in [0.2, 0.25) is 17.7 Å². The van der Waals surface area contributed by atoms with Crippen molar-refractivity contribution in [1.29, 1.82) is 0 Å². The topological polar surface area (TPSA) is 78.5 Å². The van der Waals surface area contributed by atoms with Crippen LogP contribution in [0.4, 0.5) is 0 Å². The van der Waals surface area contributed by atoms with Crippen molar-refractivity contribution in [2.45, 2.75) is 13.0 Å². The molecule has 1 saturated heterocycles. The van der Waals surface area contributed by atoms with Gasteiger partial charge in [0.1, 0.15) is 6.54 Å². The Balaban J connectivity index is 2.68. The molecule has 0 aromatic rings. The molecule has 6 heteroatoms. The summed E-state index contributed by atoms with van der Waals surface area (Å²) < 4.78 is 0. The van der Waals surface area contributed by atoms with Crippen LogP contribution < -0.4 is 10.6 Å². The Morgan fingerprint density at radius 3 is 2.86 bits per heavy atom. The van der Waals surface area contributed by atoms with Crippen LogP contribution in [0.25, 0.3) is 0 Å². The number of carbonyl (C=O) groups is 3. The Bertz CT molecular complexity index is 277. The molecule has 1 heterocycles. The van der Waals surface area contributed by atoms with Crippen molar-refractivity contribution >= 4 is 17.7 Å². The summed E-state index contributed by atoms with van der Waals surface area (Å²) in [5.74, 6) is -1.07. The number of carbonyl (C=O) groups excluding carboxylic acids is 3. The molecule has 1 unspecified atom stereocenters. The maximum absolute atomic E-state index is 11.4. The summed E-state index contributed by atoms with van der Waals surface area (Å²) in [5.41, 5.74) is 0. The van der Waals surface area contributed by atoms with Crippen molar-refractivity contribution in [2.24, 2.45) is 0 Å². The molecule has 1 atom stereocenters. The van der Waals surface area contributed by atoms with Gasteiger partial charge >= 0.3 is 0 Å². The Hall–Kier alpha value is -1.43. The van der Waals surface area contributed by atoms with Gasteiger partial charge in [-0.05, 0) is 6.92 Å². The number of likely N-dealkylation sites (N-methyl/N-ethyl adjacent to an activating group) is 1. The highest BCUT2D eigenvalue weighted by Crippen LogP contribution is 2.01. The summed E-state index contributed by atoms with van der Waals surface area (Å²) in [6, 6.07) is -0.405. The molecule has 0 aromatic carbocycles. The number of imide groups is 1. The first-order valence-electron chi connectivity index (χ1n) is 4.34. The quantitative estimate of drug-likeness (QED) is 0.508. The van der Waals surface area contributed by atoms with E-state index in [9.17, 15) is 14.4 Å². The van der Waals surface area contributed by atoms with Gasteiger partial charge in [-0.2, -0.15) is 0 Å². The van der Waals surface area contributed by atoms with Crippen molar-refractivity contribution in [1.82, 2.24) is 15.5 Å². The SMILES string of the molecule is CNC(=O)CN1C(=O)CNC(C)C1=O. The van der Waals surface area contributed by atoms with E-state index in [2.05, 4.69) is 10.6 Å². The molecule has 1 rings (SSSR count). The number of nitrogens with one attached hydrogen (secondary N) is 2. The van der Waals surface area contributed by atoms with Crippen LogP contribution >= 0.6 is 0 Å². The largest absolute Gasteiger partial charge is 0.358 e. The van der Waals surface area contributed by atoms with E-state index >= 15 is 0 Å². The fraction of sp³-hybridized carbons (Fsp3) is 0.625. The molecule has 0 saturated carbocycles. The second-order valence-corrected chi connectivity index (χ2v) is 3.09. The monoisotopic (exact) mass is 199 g/mol. The normalized spacial score (nSPS) is 22.4. The summed E-state index contributed by atoms with van der Waals surface area (Å²) in [6.07, 6.45) is 0. The van der Waals surface area contributed by atoms with Gasteiger partial charge in [0.15, 0.2) is 0 Å². The van der Waals surface area contributed by atoms with E-state index in [1.807, 2.05) is 0 Å². The first kappa shape index (κ1) is 10.6. The molecule has 6 nitrogen and oxygen atoms in total. The lowest BCUT2D eigenvalue weighted by molar-refractivity contribution is -0.151. The van der Waals surface area contributed by atoms with Crippen LogP contribution in [-0.2, 0) is 14.4 Å². The first-order valence-corrected chi connectivity index (χ1v) is 4.34. The zero-order valence-corrected chi connectivity index (χ0v) is 8.16. The first-order chi connectivity index (χ1) is 6.56. The third kappa shape index (κ3) is 2.08. The van der Waals surface area contributed by atoms with Crippen LogP contribution in [0.3, 0.4) is 0 Å². The highest BCUT2D eigenvalue weighted by Gasteiger charge is 2.32. The molecule has 1 fully saturated rings. The maximum atomic E-state index is 11.4. The minimum atomic E-state index is -0.405. The minimum Gasteiger partial charge on any atom is -0.358 e. The molecule has 14 heavy (non-hydrogen) atoms. The van der Waals surface area contributed by atoms with E-state index in [-0.39, 0.29) is 30.8 Å². The summed E-state index contributed by atoms with van der Waals surface area (Å²) in [6.45, 7) is 1.57. The Kier molecular flexibility index (Phi) is 3.19. The van der Waals surface area contributed by atoms with E-state index in [0.717, 1.165) is 4.90 Å². The molecule has 0 aliphatic carbocycles. The highest BCUT2D eigenvalue weighted by molar-refractivity contribution is 6.03. The molecule has 3 amide bonds. The molecule has 1 aliphatic heterocycles. The number of hydrogen-bond donors (Lipinski definition) is 2. The summed E-state index contributed by atoms with van der Waals surface area (Å²) in [5, 5.41) is 5.09. The van der Waals surface area contributed by atoms with E-state index in [1.165, 1.54) is 7.05 Å². The number of piperazine rings is 1. The smallest absolute Gasteiger partial charge is 0.246 e. The number of hydrogen-bond acceptors (Lipinski definition) is 4. The minimum absolute atomic E-state index is 0.101. The maximum Gasteiger partial charge on any atom is 0.246 e. The molecule has 78 valence electrons. The molecule has 0 aromatic heterocycles. The van der Waals surface area contributed by atoms with E-state index in [0.29, 0.717) is 0 Å². The average molecular weight is 199 g/mol. The van der Waals surface area contributed by atoms with E-state index in [4.69, 9.17) is 0 Å². The van der Waals surface area contributed by atoms with E-state index < -0.39 is 6.04 Å². The molecular formula is C8H13N3O3. The Labute approximate surface area is 81.6 Å². The van der Waals surface area contributed by atoms with Crippen molar-refractivity contribution in [3.63, 3.8) is 0 Å². The van der Waals surface area contributed by atoms with Gasteiger partial charge in [-0.1, -0.05) is 0 Å². The number of rotatable bonds is 2. The lowest BCUT2D eigenvalue weighted by atomic mass is 10.2. The lowest BCUT2D eigenvalue weighted by Crippen LogP contribution is -2.58. The Morgan fingerprint density at radius 2 is 2.29 bits per heavy atom. The van der Waals surface area contributed by atoms with Crippen LogP contribution in [0, 0.1) is 0 Å². The van der Waals surface area contributed by atoms with Gasteiger partial charge in [-0.3, -0.25) is 24.6 Å². The predicted molar refractivity (Wildman–Crippen MR) is 48.3 cm³/mol. The molecule has 0 bridgehead atoms. The third-order valence-electron chi connectivity index (χ3n) is 2.08. The van der Waals surface area contributed by atoms with Crippen LogP contribution in [0.5, 0.6) is 0 Å². The zero-order valence-electron chi connectivity index (χ0n) is 8.16. The standard InChI is InChI=1S/C8H13N3O3/c1-5-8(14)11(4-6(12)9-2)7(13)3-10-5/h5,10H,3-4H2,1-2H3,(H,9,12). The van der Waals surface area contributed by atoms with Gasteiger partial charge in [0, 0.05) is 7.05 Å². The van der Waals surface area contributed by atoms with Gasteiger partial charge < -0.3 is 5.32 Å². The second-order valence-electron chi connectivity index (χ2n) is 3.09. The second kappa shape index (κ2) is 4.19. The fourth-order valence-corrected chi connectivity index (χ4v) is 1.17. The van der Waals surface area contributed by atoms with Crippen LogP contribution in [0.2, 0.25) is 0 Å². The van der Waals surface area contributed by atoms with Gasteiger partial charge in [0.05, 0.1) is 12.6 Å². The fourth-order valence-electron chi connectivity index (χ4n) is 1.17. The van der Waals surface area contributed by atoms with Gasteiger partial charge in [-0.15, -0.1) is 0 Å². The summed E-state index contributed by atoms with van der Waals surface area (Å²) >= 11 is 0. The van der Waals surface area contributed by atoms with Crippen LogP contribution in [-0.4, -0.2) is 48.8 Å². The Morgan fingerprint density at radius 1 is 1.64 bits per heavy atom. The average Bonchev–Trinajstić information content (AvgIpc) is 2.18. The number of amides is 3. The van der Waals surface area contributed by atoms with Crippen LogP contribution in [0.15, 0.2) is 0 Å². The molecule has 0 radical (unpaired) electrons. The van der Waals surface area contributed by atoms with Crippen molar-refractivity contribution in [3.8, 4) is 0 Å². The molecular weight excluding hydrogens is 186 g/mol. The van der Waals surface area contributed by atoms with Gasteiger partial charge in [-0.25, -0.2) is 0 Å². The van der Waals surface area contributed by atoms with Crippen molar-refractivity contribution in [3.05, 3.63) is 0 Å². The van der Waals surface area contributed by atoms with Crippen molar-refractivity contribution in [2.75, 3.05) is 20.1 Å². The van der Waals surface area contributed by atoms with E-state index in [1.54, 1.807) is 6.92 Å².